The highest BCUT2D eigenvalue weighted by molar-refractivity contribution is 7.88. The molecule has 1 saturated carbocycles. The minimum atomic E-state index is -3.05. The summed E-state index contributed by atoms with van der Waals surface area (Å²) in [6, 6.07) is 0.519. The Hall–Kier alpha value is -0.400. The number of hydrogen-bond donors (Lipinski definition) is 1. The van der Waals surface area contributed by atoms with Gasteiger partial charge in [0, 0.05) is 32.2 Å². The summed E-state index contributed by atoms with van der Waals surface area (Å²) in [5.41, 5.74) is 0. The lowest BCUT2D eigenvalue weighted by molar-refractivity contribution is 0.263. The maximum absolute atomic E-state index is 11.4. The zero-order valence-electron chi connectivity index (χ0n) is 10.8. The Kier molecular flexibility index (Phi) is 4.45. The van der Waals surface area contributed by atoms with Gasteiger partial charge in [-0.05, 0) is 25.1 Å². The third-order valence-corrected chi connectivity index (χ3v) is 5.36. The lowest BCUT2D eigenvalue weighted by Gasteiger charge is -2.35. The lowest BCUT2D eigenvalue weighted by Crippen LogP contribution is -2.54. The molecule has 0 amide bonds. The van der Waals surface area contributed by atoms with E-state index < -0.39 is 10.0 Å². The second-order valence-electron chi connectivity index (χ2n) is 5.08. The summed E-state index contributed by atoms with van der Waals surface area (Å²) in [4.78, 5) is 2.08. The first-order valence-corrected chi connectivity index (χ1v) is 8.73. The molecule has 2 rings (SSSR count). The molecule has 2 fully saturated rings. The van der Waals surface area contributed by atoms with E-state index in [1.807, 2.05) is 0 Å². The molecule has 0 aromatic rings. The van der Waals surface area contributed by atoms with Crippen LogP contribution in [0.1, 0.15) is 25.7 Å². The summed E-state index contributed by atoms with van der Waals surface area (Å²) in [5.74, 6) is 0. The van der Waals surface area contributed by atoms with E-state index in [0.29, 0.717) is 32.2 Å². The van der Waals surface area contributed by atoms with Crippen molar-refractivity contribution < 1.29 is 8.42 Å². The number of nitrogens with zero attached hydrogens (tertiary/aromatic N) is 2. The fourth-order valence-electron chi connectivity index (χ4n) is 2.56. The van der Waals surface area contributed by atoms with Crippen molar-refractivity contribution in [3.63, 3.8) is 0 Å². The molecule has 18 heavy (non-hydrogen) atoms. The van der Waals surface area contributed by atoms with Crippen molar-refractivity contribution in [1.29, 1.82) is 0 Å². The van der Waals surface area contributed by atoms with E-state index in [2.05, 4.69) is 10.2 Å². The number of nitrogens with one attached hydrogen (secondary N) is 1. The van der Waals surface area contributed by atoms with Gasteiger partial charge < -0.3 is 10.2 Å². The monoisotopic (exact) mass is 291 g/mol. The van der Waals surface area contributed by atoms with E-state index in [1.54, 1.807) is 0 Å². The molecule has 0 aromatic heterocycles. The molecule has 0 spiro atoms. The Morgan fingerprint density at radius 2 is 1.72 bits per heavy atom. The van der Waals surface area contributed by atoms with Crippen molar-refractivity contribution in [2.45, 2.75) is 31.7 Å². The summed E-state index contributed by atoms with van der Waals surface area (Å²) in [5, 5.41) is 4.18. The van der Waals surface area contributed by atoms with Crippen molar-refractivity contribution in [1.82, 2.24) is 14.5 Å². The summed E-state index contributed by atoms with van der Waals surface area (Å²) >= 11 is 5.39. The Morgan fingerprint density at radius 1 is 1.17 bits per heavy atom. The van der Waals surface area contributed by atoms with Crippen LogP contribution in [0.4, 0.5) is 0 Å². The van der Waals surface area contributed by atoms with E-state index in [9.17, 15) is 8.42 Å². The van der Waals surface area contributed by atoms with Gasteiger partial charge in [0.05, 0.1) is 6.26 Å². The van der Waals surface area contributed by atoms with E-state index in [4.69, 9.17) is 12.2 Å². The first kappa shape index (κ1) is 14.0. The first-order chi connectivity index (χ1) is 8.47. The molecule has 1 heterocycles. The Bertz CT molecular complexity index is 397. The minimum Gasteiger partial charge on any atom is -0.360 e. The average Bonchev–Trinajstić information content (AvgIpc) is 2.81. The minimum absolute atomic E-state index is 0.519. The van der Waals surface area contributed by atoms with Gasteiger partial charge in [-0.25, -0.2) is 8.42 Å². The highest BCUT2D eigenvalue weighted by Gasteiger charge is 2.25. The zero-order valence-corrected chi connectivity index (χ0v) is 12.4. The first-order valence-electron chi connectivity index (χ1n) is 6.47. The number of hydrogen-bond acceptors (Lipinski definition) is 3. The van der Waals surface area contributed by atoms with Crippen LogP contribution in [0.3, 0.4) is 0 Å². The van der Waals surface area contributed by atoms with Gasteiger partial charge in [-0.1, -0.05) is 12.8 Å². The smallest absolute Gasteiger partial charge is 0.211 e. The normalized spacial score (nSPS) is 23.3. The van der Waals surface area contributed by atoms with Crippen LogP contribution in [0.15, 0.2) is 0 Å². The zero-order chi connectivity index (χ0) is 13.2. The van der Waals surface area contributed by atoms with Gasteiger partial charge in [-0.3, -0.25) is 0 Å². The van der Waals surface area contributed by atoms with Crippen molar-refractivity contribution >= 4 is 27.4 Å². The molecule has 7 heteroatoms. The van der Waals surface area contributed by atoms with Crippen LogP contribution < -0.4 is 5.32 Å². The largest absolute Gasteiger partial charge is 0.360 e. The standard InChI is InChI=1S/C11H21N3O2S2/c1-18(15,16)14-8-6-13(7-9-14)11(17)12-10-4-2-3-5-10/h10H,2-9H2,1H3,(H,12,17). The fourth-order valence-corrected chi connectivity index (χ4v) is 3.73. The molecule has 0 aromatic carbocycles. The summed E-state index contributed by atoms with van der Waals surface area (Å²) in [6.45, 7) is 2.44. The van der Waals surface area contributed by atoms with E-state index in [1.165, 1.54) is 36.2 Å². The van der Waals surface area contributed by atoms with Crippen LogP contribution in [0, 0.1) is 0 Å². The second-order valence-corrected chi connectivity index (χ2v) is 7.45. The Balaban J connectivity index is 1.80. The van der Waals surface area contributed by atoms with Crippen LogP contribution in [-0.4, -0.2) is 61.2 Å². The highest BCUT2D eigenvalue weighted by Crippen LogP contribution is 2.18. The van der Waals surface area contributed by atoms with Crippen molar-refractivity contribution in [3.8, 4) is 0 Å². The predicted octanol–water partition coefficient (Wildman–Crippen LogP) is 0.381. The molecular formula is C11H21N3O2S2. The molecule has 2 aliphatic rings. The summed E-state index contributed by atoms with van der Waals surface area (Å²) in [7, 11) is -3.05. The molecule has 1 aliphatic carbocycles. The average molecular weight is 291 g/mol. The van der Waals surface area contributed by atoms with Gasteiger partial charge in [0.1, 0.15) is 0 Å². The summed E-state index contributed by atoms with van der Waals surface area (Å²) < 4.78 is 24.3. The molecule has 0 bridgehead atoms. The molecular weight excluding hydrogens is 270 g/mol. The number of sulfonamides is 1. The van der Waals surface area contributed by atoms with E-state index in [0.717, 1.165) is 5.11 Å². The molecule has 0 atom stereocenters. The maximum Gasteiger partial charge on any atom is 0.211 e. The third-order valence-electron chi connectivity index (χ3n) is 3.68. The van der Waals surface area contributed by atoms with Crippen LogP contribution in [0.2, 0.25) is 0 Å². The van der Waals surface area contributed by atoms with Crippen LogP contribution >= 0.6 is 12.2 Å². The lowest BCUT2D eigenvalue weighted by atomic mass is 10.2. The second kappa shape index (κ2) is 5.71. The number of thiocarbonyl (C=S) groups is 1. The molecule has 1 saturated heterocycles. The number of rotatable bonds is 2. The van der Waals surface area contributed by atoms with Gasteiger partial charge >= 0.3 is 0 Å². The van der Waals surface area contributed by atoms with Crippen molar-refractivity contribution in [3.05, 3.63) is 0 Å². The van der Waals surface area contributed by atoms with Gasteiger partial charge in [0.2, 0.25) is 10.0 Å². The van der Waals surface area contributed by atoms with Crippen molar-refractivity contribution in [2.75, 3.05) is 32.4 Å². The van der Waals surface area contributed by atoms with Crippen LogP contribution in [0.25, 0.3) is 0 Å². The van der Waals surface area contributed by atoms with Gasteiger partial charge in [-0.2, -0.15) is 4.31 Å². The molecule has 0 radical (unpaired) electrons. The summed E-state index contributed by atoms with van der Waals surface area (Å²) in [6.07, 6.45) is 6.22. The van der Waals surface area contributed by atoms with Crippen LogP contribution in [-0.2, 0) is 10.0 Å². The topological polar surface area (TPSA) is 52.7 Å². The highest BCUT2D eigenvalue weighted by atomic mass is 32.2. The van der Waals surface area contributed by atoms with Gasteiger partial charge in [0.15, 0.2) is 5.11 Å². The van der Waals surface area contributed by atoms with Gasteiger partial charge in [-0.15, -0.1) is 0 Å². The molecule has 104 valence electrons. The predicted molar refractivity (Wildman–Crippen MR) is 76.0 cm³/mol. The molecule has 1 aliphatic heterocycles. The molecule has 1 N–H and O–H groups in total. The van der Waals surface area contributed by atoms with Crippen LogP contribution in [0.5, 0.6) is 0 Å². The van der Waals surface area contributed by atoms with E-state index in [-0.39, 0.29) is 0 Å². The number of piperazine rings is 1. The molecule has 0 unspecified atom stereocenters. The van der Waals surface area contributed by atoms with E-state index >= 15 is 0 Å². The maximum atomic E-state index is 11.4. The third kappa shape index (κ3) is 3.55. The Labute approximate surface area is 115 Å². The quantitative estimate of drug-likeness (QED) is 0.746. The SMILES string of the molecule is CS(=O)(=O)N1CCN(C(=S)NC2CCCC2)CC1. The van der Waals surface area contributed by atoms with Crippen molar-refractivity contribution in [2.24, 2.45) is 0 Å². The Morgan fingerprint density at radius 3 is 2.22 bits per heavy atom. The fraction of sp³-hybridized carbons (Fsp3) is 0.909. The molecule has 5 nitrogen and oxygen atoms in total. The van der Waals surface area contributed by atoms with Gasteiger partial charge in [0.25, 0.3) is 0 Å².